The van der Waals surface area contributed by atoms with Gasteiger partial charge in [-0.2, -0.15) is 0 Å². The third-order valence-corrected chi connectivity index (χ3v) is 7.95. The van der Waals surface area contributed by atoms with E-state index in [2.05, 4.69) is 25.6 Å². The molecule has 11 atom stereocenters. The van der Waals surface area contributed by atoms with Crippen LogP contribution in [0.1, 0.15) is 25.7 Å². The number of fused-ring (bicyclic) bond motifs is 1. The molecule has 2 aromatic heterocycles. The number of nitrogens with two attached hydrogens (primary N) is 5. The number of rotatable bonds is 12. The average molecular weight is 626 g/mol. The molecule has 1 aliphatic heterocycles. The summed E-state index contributed by atoms with van der Waals surface area (Å²) in [5.41, 5.74) is 30.0. The van der Waals surface area contributed by atoms with Gasteiger partial charge in [0, 0.05) is 18.6 Å². The molecule has 44 heavy (non-hydrogen) atoms. The summed E-state index contributed by atoms with van der Waals surface area (Å²) >= 11 is 0. The summed E-state index contributed by atoms with van der Waals surface area (Å²) in [4.78, 5) is 38.3. The Morgan fingerprint density at radius 3 is 2.52 bits per heavy atom. The van der Waals surface area contributed by atoms with E-state index in [1.807, 2.05) is 0 Å². The number of aliphatic hydroxyl groups excluding tert-OH is 4. The highest BCUT2D eigenvalue weighted by Gasteiger charge is 2.48. The van der Waals surface area contributed by atoms with E-state index in [-0.39, 0.29) is 31.7 Å². The Labute approximate surface area is 252 Å². The Bertz CT molecular complexity index is 1270. The lowest BCUT2D eigenvalue weighted by molar-refractivity contribution is -0.288. The fourth-order valence-electron chi connectivity index (χ4n) is 5.36. The van der Waals surface area contributed by atoms with E-state index in [0.29, 0.717) is 30.6 Å². The van der Waals surface area contributed by atoms with Gasteiger partial charge in [0.05, 0.1) is 18.5 Å². The first-order valence-electron chi connectivity index (χ1n) is 14.4. The molecular weight excluding hydrogens is 582 g/mol. The second-order valence-electron chi connectivity index (χ2n) is 11.2. The number of amides is 2. The standard InChI is InChI=1S/C25H43N11O8/c26-4-2-1-3-12(35-14(37)7-36-9-34-16-22(30)32-8-33-23(16)36)24(42)31-6-13-18(39)19(40)15(29)25(43-13)44-21-11(28)5-10(27)17(38)20(21)41/h8-13,15,17-21,25,38-41H,1-7,26-29H2,(H,31,42)(H,35,37)(H2,30,32,33)/t10?,11?,12-,13+,15+,17?,18+,19+,20?,21?,25+/m0/s1. The lowest BCUT2D eigenvalue weighted by Gasteiger charge is -2.46. The zero-order valence-electron chi connectivity index (χ0n) is 24.1. The number of hydrogen-bond acceptors (Lipinski definition) is 16. The van der Waals surface area contributed by atoms with Crippen molar-refractivity contribution in [2.45, 2.75) is 99.3 Å². The van der Waals surface area contributed by atoms with Gasteiger partial charge in [-0.3, -0.25) is 9.59 Å². The number of hydrogen-bond donors (Lipinski definition) is 11. The molecular formula is C25H43N11O8. The van der Waals surface area contributed by atoms with Gasteiger partial charge in [-0.05, 0) is 32.2 Å². The minimum absolute atomic E-state index is 0.144. The van der Waals surface area contributed by atoms with Crippen molar-refractivity contribution in [1.82, 2.24) is 30.2 Å². The van der Waals surface area contributed by atoms with Crippen molar-refractivity contribution in [3.05, 3.63) is 12.7 Å². The monoisotopic (exact) mass is 625 g/mol. The van der Waals surface area contributed by atoms with E-state index in [1.54, 1.807) is 0 Å². The van der Waals surface area contributed by atoms with Crippen molar-refractivity contribution in [1.29, 1.82) is 0 Å². The van der Waals surface area contributed by atoms with Gasteiger partial charge in [0.2, 0.25) is 11.8 Å². The molecule has 4 rings (SSSR count). The molecule has 1 aliphatic carbocycles. The van der Waals surface area contributed by atoms with Crippen LogP contribution >= 0.6 is 0 Å². The van der Waals surface area contributed by atoms with E-state index in [1.165, 1.54) is 17.2 Å². The number of carbonyl (C=O) groups is 2. The van der Waals surface area contributed by atoms with Crippen LogP contribution in [0, 0.1) is 0 Å². The Hall–Kier alpha value is -3.11. The molecule has 246 valence electrons. The molecule has 2 fully saturated rings. The average Bonchev–Trinajstić information content (AvgIpc) is 3.40. The molecule has 5 unspecified atom stereocenters. The number of unbranched alkanes of at least 4 members (excludes halogenated alkanes) is 1. The molecule has 2 aromatic rings. The van der Waals surface area contributed by atoms with Gasteiger partial charge >= 0.3 is 0 Å². The second kappa shape index (κ2) is 14.8. The van der Waals surface area contributed by atoms with Crippen LogP contribution in [0.2, 0.25) is 0 Å². The van der Waals surface area contributed by atoms with Crippen molar-refractivity contribution in [2.75, 3.05) is 18.8 Å². The van der Waals surface area contributed by atoms with Crippen LogP contribution in [0.4, 0.5) is 5.82 Å². The number of carbonyl (C=O) groups excluding carboxylic acids is 2. The van der Waals surface area contributed by atoms with Gasteiger partial charge in [0.1, 0.15) is 55.0 Å². The highest BCUT2D eigenvalue weighted by molar-refractivity contribution is 5.88. The van der Waals surface area contributed by atoms with Gasteiger partial charge in [0.25, 0.3) is 0 Å². The molecule has 16 N–H and O–H groups in total. The number of anilines is 1. The van der Waals surface area contributed by atoms with E-state index >= 15 is 0 Å². The first-order valence-corrected chi connectivity index (χ1v) is 14.4. The normalized spacial score (nSPS) is 33.2. The Kier molecular flexibility index (Phi) is 11.3. The molecule has 3 heterocycles. The lowest BCUT2D eigenvalue weighted by atomic mass is 9.84. The van der Waals surface area contributed by atoms with Gasteiger partial charge in [-0.1, -0.05) is 0 Å². The summed E-state index contributed by atoms with van der Waals surface area (Å²) < 4.78 is 13.0. The number of nitrogens with zero attached hydrogens (tertiary/aromatic N) is 4. The van der Waals surface area contributed by atoms with Crippen LogP contribution in [-0.2, 0) is 25.6 Å². The molecule has 1 saturated carbocycles. The van der Waals surface area contributed by atoms with Gasteiger partial charge in [-0.15, -0.1) is 0 Å². The molecule has 2 amide bonds. The SMILES string of the molecule is NCCCC[C@H](NC(=O)Cn1cnc2c(N)ncnc21)C(=O)NC[C@H]1O[C@H](OC2C(N)CC(N)C(O)C2O)[C@H](N)[C@@H](O)[C@@H]1O. The van der Waals surface area contributed by atoms with E-state index in [4.69, 9.17) is 38.1 Å². The summed E-state index contributed by atoms with van der Waals surface area (Å²) in [6.45, 7) is -0.0909. The second-order valence-corrected chi connectivity index (χ2v) is 11.2. The van der Waals surface area contributed by atoms with Gasteiger partial charge in [-0.25, -0.2) is 15.0 Å². The zero-order chi connectivity index (χ0) is 32.1. The molecule has 2 aliphatic rings. The largest absolute Gasteiger partial charge is 0.389 e. The van der Waals surface area contributed by atoms with E-state index in [9.17, 15) is 30.0 Å². The molecule has 1 saturated heterocycles. The van der Waals surface area contributed by atoms with Crippen LogP contribution in [0.5, 0.6) is 0 Å². The van der Waals surface area contributed by atoms with Gasteiger partial charge in [0.15, 0.2) is 17.8 Å². The quantitative estimate of drug-likeness (QED) is 0.0978. The molecule has 19 nitrogen and oxygen atoms in total. The van der Waals surface area contributed by atoms with E-state index in [0.717, 1.165) is 0 Å². The van der Waals surface area contributed by atoms with Crippen LogP contribution < -0.4 is 39.3 Å². The zero-order valence-corrected chi connectivity index (χ0v) is 24.1. The third-order valence-electron chi connectivity index (χ3n) is 7.95. The lowest BCUT2D eigenvalue weighted by Crippen LogP contribution is -2.67. The predicted molar refractivity (Wildman–Crippen MR) is 154 cm³/mol. The smallest absolute Gasteiger partial charge is 0.242 e. The molecule has 0 radical (unpaired) electrons. The highest BCUT2D eigenvalue weighted by Crippen LogP contribution is 2.27. The highest BCUT2D eigenvalue weighted by atomic mass is 16.7. The number of aliphatic hydroxyl groups is 4. The van der Waals surface area contributed by atoms with Crippen LogP contribution in [0.15, 0.2) is 12.7 Å². The van der Waals surface area contributed by atoms with Crippen molar-refractivity contribution in [3.8, 4) is 0 Å². The first-order chi connectivity index (χ1) is 20.9. The maximum Gasteiger partial charge on any atom is 0.242 e. The van der Waals surface area contributed by atoms with Crippen LogP contribution in [-0.4, -0.2) is 132 Å². The maximum atomic E-state index is 13.2. The first kappa shape index (κ1) is 33.8. The van der Waals surface area contributed by atoms with Crippen LogP contribution in [0.3, 0.4) is 0 Å². The van der Waals surface area contributed by atoms with Crippen LogP contribution in [0.25, 0.3) is 11.2 Å². The number of ether oxygens (including phenoxy) is 2. The van der Waals surface area contributed by atoms with Crippen molar-refractivity contribution < 1.29 is 39.5 Å². The summed E-state index contributed by atoms with van der Waals surface area (Å²) in [5.74, 6) is -0.905. The molecule has 0 bridgehead atoms. The minimum Gasteiger partial charge on any atom is -0.389 e. The molecule has 0 spiro atoms. The molecule has 19 heteroatoms. The van der Waals surface area contributed by atoms with Crippen molar-refractivity contribution in [3.63, 3.8) is 0 Å². The Balaban J connectivity index is 1.38. The van der Waals surface area contributed by atoms with Crippen molar-refractivity contribution >= 4 is 28.8 Å². The van der Waals surface area contributed by atoms with Gasteiger partial charge < -0.3 is 73.8 Å². The summed E-state index contributed by atoms with van der Waals surface area (Å²) in [6.07, 6.45) is -5.26. The fourth-order valence-corrected chi connectivity index (χ4v) is 5.36. The topological polar surface area (TPSA) is 331 Å². The number of nitrogen functional groups attached to an aromatic ring is 1. The maximum absolute atomic E-state index is 13.2. The summed E-state index contributed by atoms with van der Waals surface area (Å²) in [6, 6.07) is -3.75. The molecule has 0 aromatic carbocycles. The summed E-state index contributed by atoms with van der Waals surface area (Å²) in [7, 11) is 0. The minimum atomic E-state index is -1.53. The number of imidazole rings is 1. The predicted octanol–water partition coefficient (Wildman–Crippen LogP) is -5.92. The van der Waals surface area contributed by atoms with Crippen molar-refractivity contribution in [2.24, 2.45) is 22.9 Å². The summed E-state index contributed by atoms with van der Waals surface area (Å²) in [5, 5.41) is 47.2. The Morgan fingerprint density at radius 1 is 1.05 bits per heavy atom. The number of aromatic nitrogens is 4. The number of nitrogens with one attached hydrogen (secondary N) is 2. The fraction of sp³-hybridized carbons (Fsp3) is 0.720. The Morgan fingerprint density at radius 2 is 1.80 bits per heavy atom. The third kappa shape index (κ3) is 7.57. The van der Waals surface area contributed by atoms with E-state index < -0.39 is 78.9 Å².